The van der Waals surface area contributed by atoms with Crippen LogP contribution in [0.25, 0.3) is 0 Å². The van der Waals surface area contributed by atoms with Crippen LogP contribution in [0.3, 0.4) is 0 Å². The Hall–Kier alpha value is 0.120. The third-order valence-corrected chi connectivity index (χ3v) is 6.59. The van der Waals surface area contributed by atoms with Gasteiger partial charge >= 0.3 is 0 Å². The van der Waals surface area contributed by atoms with E-state index in [9.17, 15) is 4.79 Å². The largest absolute Gasteiger partial charge is 0.352 e. The van der Waals surface area contributed by atoms with Crippen LogP contribution in [0.4, 0.5) is 0 Å². The molecule has 0 spiro atoms. The summed E-state index contributed by atoms with van der Waals surface area (Å²) >= 11 is 10.2. The minimum atomic E-state index is -0.334. The molecule has 1 aromatic heterocycles. The van der Waals surface area contributed by atoms with Gasteiger partial charge < -0.3 is 5.32 Å². The van der Waals surface area contributed by atoms with E-state index in [0.29, 0.717) is 10.6 Å². The molecule has 1 aliphatic carbocycles. The lowest BCUT2D eigenvalue weighted by Gasteiger charge is -2.24. The Labute approximate surface area is 138 Å². The van der Waals surface area contributed by atoms with E-state index in [1.54, 1.807) is 4.68 Å². The minimum absolute atomic E-state index is 0.0232. The van der Waals surface area contributed by atoms with Crippen molar-refractivity contribution in [1.82, 2.24) is 15.1 Å². The van der Waals surface area contributed by atoms with Gasteiger partial charge in [0.15, 0.2) is 0 Å². The van der Waals surface area contributed by atoms with Crippen LogP contribution in [-0.4, -0.2) is 21.7 Å². The van der Waals surface area contributed by atoms with Crippen LogP contribution in [0, 0.1) is 0 Å². The first-order chi connectivity index (χ1) is 9.00. The molecular formula is C12H16Br3N3O. The Bertz CT molecular complexity index is 469. The maximum absolute atomic E-state index is 12.3. The van der Waals surface area contributed by atoms with Crippen LogP contribution < -0.4 is 5.32 Å². The van der Waals surface area contributed by atoms with E-state index >= 15 is 0 Å². The van der Waals surface area contributed by atoms with Gasteiger partial charge in [0.1, 0.15) is 15.2 Å². The van der Waals surface area contributed by atoms with Crippen molar-refractivity contribution in [2.75, 3.05) is 0 Å². The third-order valence-electron chi connectivity index (χ3n) is 3.46. The lowest BCUT2D eigenvalue weighted by Crippen LogP contribution is -2.40. The molecule has 7 heteroatoms. The minimum Gasteiger partial charge on any atom is -0.352 e. The molecule has 2 rings (SSSR count). The summed E-state index contributed by atoms with van der Waals surface area (Å²) in [4.78, 5) is 12.3. The van der Waals surface area contributed by atoms with Crippen LogP contribution in [-0.2, 0) is 4.79 Å². The summed E-state index contributed by atoms with van der Waals surface area (Å²) < 4.78 is 3.96. The highest BCUT2D eigenvalue weighted by molar-refractivity contribution is 9.14. The van der Waals surface area contributed by atoms with Crippen LogP contribution in [0.5, 0.6) is 0 Å². The monoisotopic (exact) mass is 455 g/mol. The lowest BCUT2D eigenvalue weighted by atomic mass is 9.95. The highest BCUT2D eigenvalue weighted by atomic mass is 79.9. The van der Waals surface area contributed by atoms with Gasteiger partial charge in [0.05, 0.1) is 4.47 Å². The molecule has 1 amide bonds. The smallest absolute Gasteiger partial charge is 0.244 e. The van der Waals surface area contributed by atoms with E-state index in [1.807, 2.05) is 6.92 Å². The number of nitrogens with one attached hydrogen (secondary N) is 1. The molecule has 1 aliphatic rings. The van der Waals surface area contributed by atoms with Gasteiger partial charge in [0.2, 0.25) is 5.91 Å². The van der Waals surface area contributed by atoms with Crippen LogP contribution in [0.2, 0.25) is 0 Å². The summed E-state index contributed by atoms with van der Waals surface area (Å²) in [5.74, 6) is 0.0232. The highest BCUT2D eigenvalue weighted by Crippen LogP contribution is 2.32. The molecule has 0 aromatic carbocycles. The molecule has 0 aliphatic heterocycles. The van der Waals surface area contributed by atoms with Gasteiger partial charge in [-0.2, -0.15) is 5.10 Å². The number of amides is 1. The Morgan fingerprint density at radius 1 is 1.32 bits per heavy atom. The molecule has 1 atom stereocenters. The number of carbonyl (C=O) groups is 1. The summed E-state index contributed by atoms with van der Waals surface area (Å²) in [6, 6.07) is -0.0104. The number of nitrogens with zero attached hydrogens (tertiary/aromatic N) is 2. The standard InChI is InChI=1S/C12H16Br3N3O/c1-7(18-11(15)9(13)10(14)17-18)12(19)16-8-5-3-2-4-6-8/h7-8H,2-6H2,1H3,(H,16,19). The van der Waals surface area contributed by atoms with Crippen molar-refractivity contribution in [3.05, 3.63) is 13.7 Å². The summed E-state index contributed by atoms with van der Waals surface area (Å²) in [7, 11) is 0. The molecule has 4 nitrogen and oxygen atoms in total. The quantitative estimate of drug-likeness (QED) is 0.740. The summed E-state index contributed by atoms with van der Waals surface area (Å²) in [5.41, 5.74) is 0. The number of rotatable bonds is 3. The van der Waals surface area contributed by atoms with Crippen LogP contribution in [0.1, 0.15) is 45.1 Å². The van der Waals surface area contributed by atoms with Crippen molar-refractivity contribution >= 4 is 53.7 Å². The predicted molar refractivity (Wildman–Crippen MR) is 85.1 cm³/mol. The van der Waals surface area contributed by atoms with E-state index in [4.69, 9.17) is 0 Å². The van der Waals surface area contributed by atoms with Crippen molar-refractivity contribution in [3.63, 3.8) is 0 Å². The first kappa shape index (κ1) is 15.5. The number of halogens is 3. The van der Waals surface area contributed by atoms with E-state index in [-0.39, 0.29) is 11.9 Å². The lowest BCUT2D eigenvalue weighted by molar-refractivity contribution is -0.125. The van der Waals surface area contributed by atoms with Crippen LogP contribution in [0.15, 0.2) is 13.7 Å². The second kappa shape index (κ2) is 6.72. The van der Waals surface area contributed by atoms with E-state index in [2.05, 4.69) is 58.2 Å². The Balaban J connectivity index is 2.03. The Kier molecular flexibility index (Phi) is 5.48. The first-order valence-electron chi connectivity index (χ1n) is 6.40. The maximum atomic E-state index is 12.3. The van der Waals surface area contributed by atoms with Crippen molar-refractivity contribution in [2.24, 2.45) is 0 Å². The average Bonchev–Trinajstić information content (AvgIpc) is 2.67. The number of hydrogen-bond donors (Lipinski definition) is 1. The molecule has 1 N–H and O–H groups in total. The average molecular weight is 458 g/mol. The van der Waals surface area contributed by atoms with E-state index in [1.165, 1.54) is 19.3 Å². The Morgan fingerprint density at radius 3 is 2.47 bits per heavy atom. The van der Waals surface area contributed by atoms with Gasteiger partial charge in [-0.25, -0.2) is 4.68 Å². The summed E-state index contributed by atoms with van der Waals surface area (Å²) in [5, 5.41) is 7.42. The van der Waals surface area contributed by atoms with E-state index < -0.39 is 0 Å². The number of aromatic nitrogens is 2. The fourth-order valence-corrected chi connectivity index (χ4v) is 3.76. The molecule has 19 heavy (non-hydrogen) atoms. The number of carbonyl (C=O) groups excluding carboxylic acids is 1. The second-order valence-corrected chi connectivity index (χ2v) is 7.15. The van der Waals surface area contributed by atoms with Gasteiger partial charge in [-0.05, 0) is 67.6 Å². The van der Waals surface area contributed by atoms with Gasteiger partial charge in [-0.1, -0.05) is 19.3 Å². The third kappa shape index (κ3) is 3.61. The SMILES string of the molecule is CC(C(=O)NC1CCCCC1)n1nc(Br)c(Br)c1Br. The molecule has 0 bridgehead atoms. The molecule has 0 saturated heterocycles. The zero-order valence-electron chi connectivity index (χ0n) is 10.6. The van der Waals surface area contributed by atoms with Crippen molar-refractivity contribution in [3.8, 4) is 0 Å². The molecule has 1 fully saturated rings. The summed E-state index contributed by atoms with van der Waals surface area (Å²) in [6.07, 6.45) is 5.88. The normalized spacial score (nSPS) is 18.3. The van der Waals surface area contributed by atoms with Gasteiger partial charge in [-0.15, -0.1) is 0 Å². The van der Waals surface area contributed by atoms with Crippen molar-refractivity contribution in [1.29, 1.82) is 0 Å². The zero-order valence-corrected chi connectivity index (χ0v) is 15.4. The topological polar surface area (TPSA) is 46.9 Å². The van der Waals surface area contributed by atoms with Crippen LogP contribution >= 0.6 is 47.8 Å². The fourth-order valence-electron chi connectivity index (χ4n) is 2.30. The molecule has 1 unspecified atom stereocenters. The second-order valence-electron chi connectivity index (χ2n) is 4.86. The molecule has 106 valence electrons. The van der Waals surface area contributed by atoms with Gasteiger partial charge in [0, 0.05) is 6.04 Å². The molecule has 1 heterocycles. The Morgan fingerprint density at radius 2 is 1.95 bits per heavy atom. The van der Waals surface area contributed by atoms with E-state index in [0.717, 1.165) is 21.9 Å². The fraction of sp³-hybridized carbons (Fsp3) is 0.667. The first-order valence-corrected chi connectivity index (χ1v) is 8.78. The van der Waals surface area contributed by atoms with Crippen molar-refractivity contribution in [2.45, 2.75) is 51.1 Å². The predicted octanol–water partition coefficient (Wildman–Crippen LogP) is 4.18. The molecular weight excluding hydrogens is 442 g/mol. The molecule has 0 radical (unpaired) electrons. The molecule has 1 aromatic rings. The maximum Gasteiger partial charge on any atom is 0.244 e. The number of hydrogen-bond acceptors (Lipinski definition) is 2. The van der Waals surface area contributed by atoms with Crippen molar-refractivity contribution < 1.29 is 4.79 Å². The zero-order chi connectivity index (χ0) is 14.0. The van der Waals surface area contributed by atoms with Gasteiger partial charge in [-0.3, -0.25) is 4.79 Å². The highest BCUT2D eigenvalue weighted by Gasteiger charge is 2.24. The molecule has 1 saturated carbocycles. The van der Waals surface area contributed by atoms with Gasteiger partial charge in [0.25, 0.3) is 0 Å². The summed E-state index contributed by atoms with van der Waals surface area (Å²) in [6.45, 7) is 1.86.